The molecule has 0 aromatic carbocycles. The van der Waals surface area contributed by atoms with Gasteiger partial charge < -0.3 is 5.11 Å². The van der Waals surface area contributed by atoms with Crippen LogP contribution in [0.2, 0.25) is 0 Å². The van der Waals surface area contributed by atoms with Crippen LogP contribution in [0, 0.1) is 28.6 Å². The molecule has 0 heterocycles. The van der Waals surface area contributed by atoms with Gasteiger partial charge in [-0.05, 0) is 67.6 Å². The second kappa shape index (κ2) is 3.49. The van der Waals surface area contributed by atoms with E-state index in [1.54, 1.807) is 0 Å². The van der Waals surface area contributed by atoms with Crippen LogP contribution in [0.4, 0.5) is 0 Å². The standard InChI is InChI=1S/C15H24O2/c1-10(13(16)17)4-15-7-11-3-12(8-15)6-14(2,5-11)9-15/h10-12H,3-9H2,1-2H3,(H,16,17). The minimum atomic E-state index is -0.606. The van der Waals surface area contributed by atoms with E-state index in [0.717, 1.165) is 18.3 Å². The number of aliphatic carboxylic acids is 1. The molecule has 3 unspecified atom stereocenters. The number of carboxylic acid groups (broad SMARTS) is 1. The van der Waals surface area contributed by atoms with Gasteiger partial charge in [0.2, 0.25) is 0 Å². The zero-order valence-corrected chi connectivity index (χ0v) is 11.0. The molecule has 0 saturated heterocycles. The molecule has 0 spiro atoms. The maximum absolute atomic E-state index is 11.1. The molecule has 1 N–H and O–H groups in total. The van der Waals surface area contributed by atoms with Crippen molar-refractivity contribution in [2.75, 3.05) is 0 Å². The van der Waals surface area contributed by atoms with Gasteiger partial charge in [0.15, 0.2) is 0 Å². The Hall–Kier alpha value is -0.530. The molecule has 0 aromatic heterocycles. The van der Waals surface area contributed by atoms with Gasteiger partial charge in [-0.15, -0.1) is 0 Å². The van der Waals surface area contributed by atoms with Gasteiger partial charge in [0.1, 0.15) is 0 Å². The van der Waals surface area contributed by atoms with Crippen LogP contribution in [-0.4, -0.2) is 11.1 Å². The lowest BCUT2D eigenvalue weighted by molar-refractivity contribution is -0.148. The van der Waals surface area contributed by atoms with E-state index >= 15 is 0 Å². The minimum absolute atomic E-state index is 0.158. The molecular weight excluding hydrogens is 212 g/mol. The molecule has 96 valence electrons. The van der Waals surface area contributed by atoms with Crippen molar-refractivity contribution in [3.63, 3.8) is 0 Å². The molecule has 4 aliphatic rings. The lowest BCUT2D eigenvalue weighted by atomic mass is 9.43. The third-order valence-electron chi connectivity index (χ3n) is 5.64. The predicted octanol–water partition coefficient (Wildman–Crippen LogP) is 3.70. The van der Waals surface area contributed by atoms with Crippen molar-refractivity contribution in [3.05, 3.63) is 0 Å². The summed E-state index contributed by atoms with van der Waals surface area (Å²) in [5, 5.41) is 9.15. The average molecular weight is 236 g/mol. The molecule has 4 saturated carbocycles. The quantitative estimate of drug-likeness (QED) is 0.811. The third kappa shape index (κ3) is 1.90. The third-order valence-corrected chi connectivity index (χ3v) is 5.64. The Morgan fingerprint density at radius 2 is 1.88 bits per heavy atom. The summed E-state index contributed by atoms with van der Waals surface area (Å²) in [4.78, 5) is 11.1. The Morgan fingerprint density at radius 1 is 1.29 bits per heavy atom. The fraction of sp³-hybridized carbons (Fsp3) is 0.933. The van der Waals surface area contributed by atoms with Gasteiger partial charge in [-0.25, -0.2) is 0 Å². The molecule has 0 aliphatic heterocycles. The molecule has 4 fully saturated rings. The number of hydrogen-bond donors (Lipinski definition) is 1. The number of rotatable bonds is 3. The van der Waals surface area contributed by atoms with Crippen LogP contribution in [0.1, 0.15) is 58.8 Å². The van der Waals surface area contributed by atoms with Crippen LogP contribution in [0.25, 0.3) is 0 Å². The Morgan fingerprint density at radius 3 is 2.35 bits per heavy atom. The summed E-state index contributed by atoms with van der Waals surface area (Å²) in [7, 11) is 0. The molecule has 2 heteroatoms. The van der Waals surface area contributed by atoms with Gasteiger partial charge >= 0.3 is 5.97 Å². The summed E-state index contributed by atoms with van der Waals surface area (Å²) in [5.74, 6) is 1.05. The maximum atomic E-state index is 11.1. The van der Waals surface area contributed by atoms with Crippen molar-refractivity contribution in [1.29, 1.82) is 0 Å². The van der Waals surface area contributed by atoms with Gasteiger partial charge in [-0.2, -0.15) is 0 Å². The molecule has 4 aliphatic carbocycles. The lowest BCUT2D eigenvalue weighted by Gasteiger charge is -2.62. The first-order valence-corrected chi connectivity index (χ1v) is 7.13. The zero-order chi connectivity index (χ0) is 12.3. The second-order valence-corrected chi connectivity index (χ2v) is 7.72. The first-order valence-electron chi connectivity index (χ1n) is 7.13. The van der Waals surface area contributed by atoms with Crippen molar-refractivity contribution in [2.45, 2.75) is 58.8 Å². The summed E-state index contributed by atoms with van der Waals surface area (Å²) < 4.78 is 0. The predicted molar refractivity (Wildman–Crippen MR) is 66.6 cm³/mol. The first kappa shape index (κ1) is 11.6. The van der Waals surface area contributed by atoms with Crippen molar-refractivity contribution in [3.8, 4) is 0 Å². The highest BCUT2D eigenvalue weighted by Crippen LogP contribution is 2.66. The molecular formula is C15H24O2. The van der Waals surface area contributed by atoms with E-state index in [0.29, 0.717) is 10.8 Å². The molecule has 3 atom stereocenters. The minimum Gasteiger partial charge on any atom is -0.481 e. The molecule has 2 nitrogen and oxygen atoms in total. The van der Waals surface area contributed by atoms with E-state index in [4.69, 9.17) is 5.11 Å². The van der Waals surface area contributed by atoms with Crippen molar-refractivity contribution >= 4 is 5.97 Å². The van der Waals surface area contributed by atoms with Gasteiger partial charge in [0, 0.05) is 0 Å². The van der Waals surface area contributed by atoms with Crippen molar-refractivity contribution < 1.29 is 9.90 Å². The summed E-state index contributed by atoms with van der Waals surface area (Å²) in [6, 6.07) is 0. The van der Waals surface area contributed by atoms with Crippen molar-refractivity contribution in [2.24, 2.45) is 28.6 Å². The Balaban J connectivity index is 1.81. The van der Waals surface area contributed by atoms with Gasteiger partial charge in [-0.1, -0.05) is 13.8 Å². The van der Waals surface area contributed by atoms with E-state index in [2.05, 4.69) is 6.92 Å². The molecule has 0 aromatic rings. The van der Waals surface area contributed by atoms with Crippen molar-refractivity contribution in [1.82, 2.24) is 0 Å². The Labute approximate surface area is 104 Å². The molecule has 0 amide bonds. The van der Waals surface area contributed by atoms with Crippen LogP contribution >= 0.6 is 0 Å². The van der Waals surface area contributed by atoms with E-state index in [-0.39, 0.29) is 5.92 Å². The van der Waals surface area contributed by atoms with Crippen LogP contribution in [0.3, 0.4) is 0 Å². The molecule has 0 radical (unpaired) electrons. The fourth-order valence-corrected chi connectivity index (χ4v) is 5.90. The van der Waals surface area contributed by atoms with Gasteiger partial charge in [0.25, 0.3) is 0 Å². The van der Waals surface area contributed by atoms with Crippen LogP contribution in [0.15, 0.2) is 0 Å². The van der Waals surface area contributed by atoms with Crippen LogP contribution < -0.4 is 0 Å². The molecule has 4 bridgehead atoms. The number of carbonyl (C=O) groups is 1. The van der Waals surface area contributed by atoms with Gasteiger partial charge in [-0.3, -0.25) is 4.79 Å². The topological polar surface area (TPSA) is 37.3 Å². The van der Waals surface area contributed by atoms with Crippen LogP contribution in [-0.2, 0) is 4.79 Å². The lowest BCUT2D eigenvalue weighted by Crippen LogP contribution is -2.51. The average Bonchev–Trinajstić information content (AvgIpc) is 2.11. The normalized spacial score (nSPS) is 49.3. The summed E-state index contributed by atoms with van der Waals surface area (Å²) in [6.07, 6.45) is 9.10. The SMILES string of the molecule is CC(CC12CC3CC(CC(C)(C3)C1)C2)C(=O)O. The summed E-state index contributed by atoms with van der Waals surface area (Å²) in [5.41, 5.74) is 0.930. The van der Waals surface area contributed by atoms with E-state index < -0.39 is 5.97 Å². The zero-order valence-electron chi connectivity index (χ0n) is 11.0. The molecule has 17 heavy (non-hydrogen) atoms. The smallest absolute Gasteiger partial charge is 0.306 e. The number of hydrogen-bond acceptors (Lipinski definition) is 1. The maximum Gasteiger partial charge on any atom is 0.306 e. The second-order valence-electron chi connectivity index (χ2n) is 7.72. The fourth-order valence-electron chi connectivity index (χ4n) is 5.90. The monoisotopic (exact) mass is 236 g/mol. The molecule has 4 rings (SSSR count). The summed E-state index contributed by atoms with van der Waals surface area (Å²) in [6.45, 7) is 4.34. The first-order chi connectivity index (χ1) is 7.90. The Kier molecular flexibility index (Phi) is 2.37. The van der Waals surface area contributed by atoms with E-state index in [1.807, 2.05) is 6.92 Å². The van der Waals surface area contributed by atoms with E-state index in [1.165, 1.54) is 38.5 Å². The highest BCUT2D eigenvalue weighted by atomic mass is 16.4. The largest absolute Gasteiger partial charge is 0.481 e. The van der Waals surface area contributed by atoms with Gasteiger partial charge in [0.05, 0.1) is 5.92 Å². The highest BCUT2D eigenvalue weighted by molar-refractivity contribution is 5.69. The summed E-state index contributed by atoms with van der Waals surface area (Å²) >= 11 is 0. The van der Waals surface area contributed by atoms with Crippen LogP contribution in [0.5, 0.6) is 0 Å². The number of carboxylic acids is 1. The van der Waals surface area contributed by atoms with E-state index in [9.17, 15) is 4.79 Å². The highest BCUT2D eigenvalue weighted by Gasteiger charge is 2.55. The Bertz CT molecular complexity index is 333.